The second-order valence-electron chi connectivity index (χ2n) is 8.24. The summed E-state index contributed by atoms with van der Waals surface area (Å²) in [6.45, 7) is 2.78. The number of carbonyl (C=O) groups is 2. The van der Waals surface area contributed by atoms with Gasteiger partial charge in [0.1, 0.15) is 11.8 Å². The van der Waals surface area contributed by atoms with Crippen molar-refractivity contribution >= 4 is 23.4 Å². The first-order valence-corrected chi connectivity index (χ1v) is 11.8. The molecule has 0 saturated heterocycles. The Labute approximate surface area is 206 Å². The van der Waals surface area contributed by atoms with E-state index in [9.17, 15) is 9.59 Å². The van der Waals surface area contributed by atoms with Crippen LogP contribution in [-0.4, -0.2) is 36.4 Å². The van der Waals surface area contributed by atoms with Gasteiger partial charge in [-0.25, -0.2) is 0 Å². The minimum Gasteiger partial charge on any atom is -0.494 e. The maximum absolute atomic E-state index is 13.4. The van der Waals surface area contributed by atoms with Crippen LogP contribution in [-0.2, 0) is 22.6 Å². The molecule has 0 aromatic heterocycles. The van der Waals surface area contributed by atoms with Gasteiger partial charge in [-0.3, -0.25) is 9.59 Å². The summed E-state index contributed by atoms with van der Waals surface area (Å²) in [6.07, 6.45) is 1.26. The Hall–Kier alpha value is -3.31. The van der Waals surface area contributed by atoms with Crippen molar-refractivity contribution in [2.45, 2.75) is 38.8 Å². The van der Waals surface area contributed by atoms with Crippen LogP contribution < -0.4 is 10.1 Å². The zero-order valence-corrected chi connectivity index (χ0v) is 20.4. The molecule has 3 aromatic carbocycles. The number of aryl methyl sites for hydroxylation is 1. The molecule has 3 aromatic rings. The average Bonchev–Trinajstić information content (AvgIpc) is 2.85. The lowest BCUT2D eigenvalue weighted by molar-refractivity contribution is -0.141. The molecule has 1 atom stereocenters. The molecule has 3 rings (SSSR count). The van der Waals surface area contributed by atoms with Gasteiger partial charge >= 0.3 is 0 Å². The van der Waals surface area contributed by atoms with Gasteiger partial charge < -0.3 is 15.0 Å². The van der Waals surface area contributed by atoms with E-state index < -0.39 is 6.04 Å². The van der Waals surface area contributed by atoms with Crippen molar-refractivity contribution in [3.05, 3.63) is 101 Å². The minimum absolute atomic E-state index is 0.0780. The number of ether oxygens (including phenoxy) is 1. The van der Waals surface area contributed by atoms with Gasteiger partial charge in [0, 0.05) is 31.5 Å². The molecule has 0 fully saturated rings. The highest BCUT2D eigenvalue weighted by Crippen LogP contribution is 2.18. The predicted octanol–water partition coefficient (Wildman–Crippen LogP) is 5.19. The molecule has 6 heteroatoms. The van der Waals surface area contributed by atoms with Crippen LogP contribution in [0.25, 0.3) is 0 Å². The second kappa shape index (κ2) is 12.8. The number of halogens is 1. The van der Waals surface area contributed by atoms with E-state index in [1.165, 1.54) is 0 Å². The van der Waals surface area contributed by atoms with Crippen LogP contribution in [0, 0.1) is 6.92 Å². The van der Waals surface area contributed by atoms with Crippen LogP contribution in [0.1, 0.15) is 29.5 Å². The van der Waals surface area contributed by atoms with Crippen molar-refractivity contribution in [1.29, 1.82) is 0 Å². The predicted molar refractivity (Wildman–Crippen MR) is 136 cm³/mol. The number of benzene rings is 3. The first-order valence-electron chi connectivity index (χ1n) is 11.4. The third kappa shape index (κ3) is 7.63. The van der Waals surface area contributed by atoms with Crippen molar-refractivity contribution in [2.24, 2.45) is 0 Å². The molecule has 178 valence electrons. The number of amides is 2. The van der Waals surface area contributed by atoms with Gasteiger partial charge in [0.2, 0.25) is 11.8 Å². The van der Waals surface area contributed by atoms with Crippen molar-refractivity contribution in [1.82, 2.24) is 10.2 Å². The average molecular weight is 479 g/mol. The molecule has 0 bridgehead atoms. The Balaban J connectivity index is 1.74. The van der Waals surface area contributed by atoms with E-state index in [2.05, 4.69) is 5.32 Å². The molecule has 0 aliphatic rings. The number of likely N-dealkylation sites (N-methyl/N-ethyl adjacent to an activating group) is 1. The molecular formula is C28H31ClN2O3. The van der Waals surface area contributed by atoms with Crippen molar-refractivity contribution in [3.8, 4) is 5.75 Å². The SMILES string of the molecule is CNC(=O)C(Cc1ccccc1)N(Cc1cccc(C)c1)C(=O)CCCOc1ccc(Cl)cc1. The maximum atomic E-state index is 13.4. The molecule has 0 aliphatic heterocycles. The summed E-state index contributed by atoms with van der Waals surface area (Å²) < 4.78 is 5.74. The summed E-state index contributed by atoms with van der Waals surface area (Å²) in [6, 6.07) is 24.3. The van der Waals surface area contributed by atoms with Crippen LogP contribution in [0.3, 0.4) is 0 Å². The smallest absolute Gasteiger partial charge is 0.242 e. The van der Waals surface area contributed by atoms with Gasteiger partial charge in [0.15, 0.2) is 0 Å². The Morgan fingerprint density at radius 2 is 1.68 bits per heavy atom. The van der Waals surface area contributed by atoms with Gasteiger partial charge in [-0.1, -0.05) is 71.8 Å². The molecule has 0 spiro atoms. The lowest BCUT2D eigenvalue weighted by atomic mass is 10.0. The number of nitrogens with one attached hydrogen (secondary N) is 1. The fraction of sp³-hybridized carbons (Fsp3) is 0.286. The molecular weight excluding hydrogens is 448 g/mol. The van der Waals surface area contributed by atoms with Gasteiger partial charge in [-0.05, 0) is 48.7 Å². The van der Waals surface area contributed by atoms with E-state index in [4.69, 9.17) is 16.3 Å². The third-order valence-corrected chi connectivity index (χ3v) is 5.82. The molecule has 34 heavy (non-hydrogen) atoms. The Morgan fingerprint density at radius 3 is 2.35 bits per heavy atom. The van der Waals surface area contributed by atoms with Crippen LogP contribution in [0.2, 0.25) is 5.02 Å². The maximum Gasteiger partial charge on any atom is 0.242 e. The van der Waals surface area contributed by atoms with Gasteiger partial charge in [0.25, 0.3) is 0 Å². The summed E-state index contributed by atoms with van der Waals surface area (Å²) in [5, 5.41) is 3.39. The molecule has 5 nitrogen and oxygen atoms in total. The number of hydrogen-bond donors (Lipinski definition) is 1. The number of nitrogens with zero attached hydrogens (tertiary/aromatic N) is 1. The molecule has 0 heterocycles. The van der Waals surface area contributed by atoms with Gasteiger partial charge in [-0.15, -0.1) is 0 Å². The highest BCUT2D eigenvalue weighted by Gasteiger charge is 2.29. The zero-order chi connectivity index (χ0) is 24.3. The van der Waals surface area contributed by atoms with Crippen molar-refractivity contribution in [2.75, 3.05) is 13.7 Å². The minimum atomic E-state index is -0.613. The number of hydrogen-bond acceptors (Lipinski definition) is 3. The first-order chi connectivity index (χ1) is 16.5. The molecule has 0 saturated carbocycles. The topological polar surface area (TPSA) is 58.6 Å². The van der Waals surface area contributed by atoms with E-state index in [1.54, 1.807) is 36.2 Å². The van der Waals surface area contributed by atoms with Crippen LogP contribution in [0.4, 0.5) is 0 Å². The standard InChI is InChI=1S/C28H31ClN2O3/c1-21-8-6-11-23(18-21)20-31(26(28(33)30-2)19-22-9-4-3-5-10-22)27(32)12-7-17-34-25-15-13-24(29)14-16-25/h3-6,8-11,13-16,18,26H,7,12,17,19-20H2,1-2H3,(H,30,33). The molecule has 0 aliphatic carbocycles. The van der Waals surface area contributed by atoms with E-state index in [1.807, 2.05) is 61.5 Å². The third-order valence-electron chi connectivity index (χ3n) is 5.57. The zero-order valence-electron chi connectivity index (χ0n) is 19.7. The van der Waals surface area contributed by atoms with Gasteiger partial charge in [-0.2, -0.15) is 0 Å². The molecule has 2 amide bonds. The number of carbonyl (C=O) groups excluding carboxylic acids is 2. The van der Waals surface area contributed by atoms with Crippen LogP contribution in [0.15, 0.2) is 78.9 Å². The van der Waals surface area contributed by atoms with E-state index in [-0.39, 0.29) is 18.2 Å². The number of rotatable bonds is 11. The summed E-state index contributed by atoms with van der Waals surface area (Å²) >= 11 is 5.91. The first kappa shape index (κ1) is 25.3. The summed E-state index contributed by atoms with van der Waals surface area (Å²) in [7, 11) is 1.61. The lowest BCUT2D eigenvalue weighted by Crippen LogP contribution is -2.49. The van der Waals surface area contributed by atoms with E-state index >= 15 is 0 Å². The lowest BCUT2D eigenvalue weighted by Gasteiger charge is -2.31. The molecule has 1 unspecified atom stereocenters. The summed E-state index contributed by atoms with van der Waals surface area (Å²) in [4.78, 5) is 28.0. The molecule has 1 N–H and O–H groups in total. The van der Waals surface area contributed by atoms with Crippen LogP contribution in [0.5, 0.6) is 5.75 Å². The Bertz CT molecular complexity index is 1070. The van der Waals surface area contributed by atoms with Crippen LogP contribution >= 0.6 is 11.6 Å². The second-order valence-corrected chi connectivity index (χ2v) is 8.67. The van der Waals surface area contributed by atoms with Crippen molar-refractivity contribution < 1.29 is 14.3 Å². The fourth-order valence-electron chi connectivity index (χ4n) is 3.82. The van der Waals surface area contributed by atoms with Crippen molar-refractivity contribution in [3.63, 3.8) is 0 Å². The Kier molecular flexibility index (Phi) is 9.53. The normalized spacial score (nSPS) is 11.5. The van der Waals surface area contributed by atoms with E-state index in [0.29, 0.717) is 36.8 Å². The quantitative estimate of drug-likeness (QED) is 0.386. The fourth-order valence-corrected chi connectivity index (χ4v) is 3.94. The largest absolute Gasteiger partial charge is 0.494 e. The summed E-state index contributed by atoms with van der Waals surface area (Å²) in [5.74, 6) is 0.453. The highest BCUT2D eigenvalue weighted by atomic mass is 35.5. The Morgan fingerprint density at radius 1 is 0.971 bits per heavy atom. The molecule has 0 radical (unpaired) electrons. The highest BCUT2D eigenvalue weighted by molar-refractivity contribution is 6.30. The summed E-state index contributed by atoms with van der Waals surface area (Å²) in [5.41, 5.74) is 3.11. The van der Waals surface area contributed by atoms with E-state index in [0.717, 1.165) is 16.7 Å². The monoisotopic (exact) mass is 478 g/mol. The van der Waals surface area contributed by atoms with Gasteiger partial charge in [0.05, 0.1) is 6.61 Å².